The molecule has 0 spiro atoms. The van der Waals surface area contributed by atoms with E-state index in [2.05, 4.69) is 15.0 Å². The van der Waals surface area contributed by atoms with Gasteiger partial charge in [0.1, 0.15) is 17.2 Å². The molecule has 6 heteroatoms. The van der Waals surface area contributed by atoms with Crippen molar-refractivity contribution in [1.82, 2.24) is 15.0 Å². The van der Waals surface area contributed by atoms with E-state index in [4.69, 9.17) is 5.11 Å². The van der Waals surface area contributed by atoms with Gasteiger partial charge in [-0.05, 0) is 18.2 Å². The number of nitrogens with zero attached hydrogens (tertiary/aromatic N) is 2. The number of rotatable bonds is 2. The summed E-state index contributed by atoms with van der Waals surface area (Å²) in [5, 5.41) is 9.07. The molecule has 3 rings (SSSR count). The lowest BCUT2D eigenvalue weighted by atomic mass is 10.2. The molecular weight excluding hydrogens is 249 g/mol. The van der Waals surface area contributed by atoms with E-state index in [1.807, 2.05) is 0 Å². The van der Waals surface area contributed by atoms with E-state index >= 15 is 0 Å². The Morgan fingerprint density at radius 2 is 2.16 bits per heavy atom. The molecule has 0 fully saturated rings. The van der Waals surface area contributed by atoms with Gasteiger partial charge in [-0.1, -0.05) is 12.1 Å². The topological polar surface area (TPSA) is 78.9 Å². The van der Waals surface area contributed by atoms with Crippen molar-refractivity contribution in [1.29, 1.82) is 0 Å². The van der Waals surface area contributed by atoms with Crippen LogP contribution in [0.3, 0.4) is 0 Å². The third-order valence-electron chi connectivity index (χ3n) is 2.71. The maximum Gasteiger partial charge on any atom is 0.338 e. The van der Waals surface area contributed by atoms with Crippen molar-refractivity contribution in [3.63, 3.8) is 0 Å². The van der Waals surface area contributed by atoms with Gasteiger partial charge in [-0.2, -0.15) is 0 Å². The molecule has 0 aliphatic rings. The van der Waals surface area contributed by atoms with Gasteiger partial charge in [-0.25, -0.2) is 19.2 Å². The highest BCUT2D eigenvalue weighted by molar-refractivity contribution is 6.00. The first-order valence-corrected chi connectivity index (χ1v) is 5.49. The molecule has 0 aliphatic heterocycles. The van der Waals surface area contributed by atoms with E-state index in [0.29, 0.717) is 17.0 Å². The highest BCUT2D eigenvalue weighted by Crippen LogP contribution is 2.22. The van der Waals surface area contributed by atoms with Gasteiger partial charge in [0.2, 0.25) is 0 Å². The van der Waals surface area contributed by atoms with Crippen LogP contribution in [0.2, 0.25) is 0 Å². The molecule has 5 nitrogen and oxygen atoms in total. The number of hydrogen-bond donors (Lipinski definition) is 2. The number of fused-ring (bicyclic) bond motifs is 1. The molecule has 2 aromatic heterocycles. The Morgan fingerprint density at radius 1 is 1.32 bits per heavy atom. The van der Waals surface area contributed by atoms with Crippen LogP contribution in [0.15, 0.2) is 36.5 Å². The molecule has 1 aromatic carbocycles. The number of halogens is 1. The van der Waals surface area contributed by atoms with Crippen LogP contribution in [-0.2, 0) is 0 Å². The highest BCUT2D eigenvalue weighted by atomic mass is 19.1. The summed E-state index contributed by atoms with van der Waals surface area (Å²) in [6, 6.07) is 7.26. The number of aromatic nitrogens is 3. The Kier molecular flexibility index (Phi) is 2.49. The summed E-state index contributed by atoms with van der Waals surface area (Å²) < 4.78 is 13.2. The number of pyridine rings is 1. The van der Waals surface area contributed by atoms with Gasteiger partial charge in [0.05, 0.1) is 5.56 Å². The smallest absolute Gasteiger partial charge is 0.338 e. The zero-order chi connectivity index (χ0) is 13.4. The van der Waals surface area contributed by atoms with E-state index in [1.165, 1.54) is 24.4 Å². The van der Waals surface area contributed by atoms with Gasteiger partial charge in [-0.3, -0.25) is 0 Å². The Labute approximate surface area is 106 Å². The number of carboxylic acids is 1. The fourth-order valence-corrected chi connectivity index (χ4v) is 1.86. The lowest BCUT2D eigenvalue weighted by Gasteiger charge is -1.95. The number of aromatic amines is 1. The normalized spacial score (nSPS) is 10.8. The van der Waals surface area contributed by atoms with E-state index in [1.54, 1.807) is 12.1 Å². The van der Waals surface area contributed by atoms with Crippen molar-refractivity contribution < 1.29 is 14.3 Å². The summed E-state index contributed by atoms with van der Waals surface area (Å²) in [6.45, 7) is 0. The van der Waals surface area contributed by atoms with Crippen molar-refractivity contribution in [3.8, 4) is 11.4 Å². The maximum atomic E-state index is 13.2. The third kappa shape index (κ3) is 1.93. The zero-order valence-corrected chi connectivity index (χ0v) is 9.59. The van der Waals surface area contributed by atoms with Crippen molar-refractivity contribution in [2.24, 2.45) is 0 Å². The largest absolute Gasteiger partial charge is 0.478 e. The average molecular weight is 257 g/mol. The first kappa shape index (κ1) is 11.3. The van der Waals surface area contributed by atoms with E-state index in [0.717, 1.165) is 0 Å². The first-order chi connectivity index (χ1) is 9.15. The number of nitrogens with one attached hydrogen (secondary N) is 1. The van der Waals surface area contributed by atoms with Crippen LogP contribution >= 0.6 is 0 Å². The number of carboxylic acid groups (broad SMARTS) is 1. The molecule has 94 valence electrons. The second-order valence-corrected chi connectivity index (χ2v) is 3.96. The Balaban J connectivity index is 2.22. The SMILES string of the molecule is O=C(O)c1ccnc2[nH]c(-c3cccc(F)c3)nc12. The van der Waals surface area contributed by atoms with Gasteiger partial charge < -0.3 is 10.1 Å². The van der Waals surface area contributed by atoms with Crippen molar-refractivity contribution in [3.05, 3.63) is 47.9 Å². The van der Waals surface area contributed by atoms with E-state index < -0.39 is 5.97 Å². The summed E-state index contributed by atoms with van der Waals surface area (Å²) in [5.41, 5.74) is 1.21. The van der Waals surface area contributed by atoms with Crippen molar-refractivity contribution >= 4 is 17.1 Å². The summed E-state index contributed by atoms with van der Waals surface area (Å²) >= 11 is 0. The predicted molar refractivity (Wildman–Crippen MR) is 66.2 cm³/mol. The molecule has 0 aliphatic carbocycles. The van der Waals surface area contributed by atoms with Crippen LogP contribution in [0.4, 0.5) is 4.39 Å². The molecule has 2 N–H and O–H groups in total. The maximum absolute atomic E-state index is 13.2. The van der Waals surface area contributed by atoms with Crippen LogP contribution in [0.5, 0.6) is 0 Å². The van der Waals surface area contributed by atoms with Crippen LogP contribution in [0.25, 0.3) is 22.6 Å². The number of benzene rings is 1. The number of aromatic carboxylic acids is 1. The summed E-state index contributed by atoms with van der Waals surface area (Å²) in [7, 11) is 0. The molecule has 0 unspecified atom stereocenters. The first-order valence-electron chi connectivity index (χ1n) is 5.49. The molecule has 0 bridgehead atoms. The van der Waals surface area contributed by atoms with E-state index in [-0.39, 0.29) is 16.9 Å². The van der Waals surface area contributed by atoms with Gasteiger partial charge >= 0.3 is 5.97 Å². The molecule has 0 amide bonds. The van der Waals surface area contributed by atoms with Gasteiger partial charge in [0, 0.05) is 11.8 Å². The Morgan fingerprint density at radius 3 is 2.89 bits per heavy atom. The zero-order valence-electron chi connectivity index (χ0n) is 9.59. The third-order valence-corrected chi connectivity index (χ3v) is 2.71. The summed E-state index contributed by atoms with van der Waals surface area (Å²) in [5.74, 6) is -1.08. The van der Waals surface area contributed by atoms with Gasteiger partial charge in [0.25, 0.3) is 0 Å². The Bertz CT molecular complexity index is 782. The number of imidazole rings is 1. The number of hydrogen-bond acceptors (Lipinski definition) is 3. The Hall–Kier alpha value is -2.76. The fourth-order valence-electron chi connectivity index (χ4n) is 1.86. The summed E-state index contributed by atoms with van der Waals surface area (Å²) in [4.78, 5) is 22.2. The average Bonchev–Trinajstić information content (AvgIpc) is 2.82. The van der Waals surface area contributed by atoms with Gasteiger partial charge in [-0.15, -0.1) is 0 Å². The molecule has 3 aromatic rings. The fraction of sp³-hybridized carbons (Fsp3) is 0. The minimum absolute atomic E-state index is 0.0592. The molecule has 0 radical (unpaired) electrons. The standard InChI is InChI=1S/C13H8FN3O2/c14-8-3-1-2-7(6-8)11-16-10-9(13(18)19)4-5-15-12(10)17-11/h1-6H,(H,18,19)(H,15,16,17). The summed E-state index contributed by atoms with van der Waals surface area (Å²) in [6.07, 6.45) is 1.39. The minimum atomic E-state index is -1.08. The lowest BCUT2D eigenvalue weighted by molar-refractivity contribution is 0.0698. The lowest BCUT2D eigenvalue weighted by Crippen LogP contribution is -1.97. The highest BCUT2D eigenvalue weighted by Gasteiger charge is 2.14. The molecule has 19 heavy (non-hydrogen) atoms. The number of carbonyl (C=O) groups is 1. The van der Waals surface area contributed by atoms with Crippen molar-refractivity contribution in [2.45, 2.75) is 0 Å². The number of H-pyrrole nitrogens is 1. The van der Waals surface area contributed by atoms with Crippen LogP contribution < -0.4 is 0 Å². The molecule has 2 heterocycles. The van der Waals surface area contributed by atoms with Crippen LogP contribution in [-0.4, -0.2) is 26.0 Å². The molecule has 0 saturated carbocycles. The monoisotopic (exact) mass is 257 g/mol. The predicted octanol–water partition coefficient (Wildman–Crippen LogP) is 2.46. The van der Waals surface area contributed by atoms with Crippen LogP contribution in [0, 0.1) is 5.82 Å². The molecule has 0 atom stereocenters. The molecular formula is C13H8FN3O2. The van der Waals surface area contributed by atoms with Crippen molar-refractivity contribution in [2.75, 3.05) is 0 Å². The minimum Gasteiger partial charge on any atom is -0.478 e. The van der Waals surface area contributed by atoms with E-state index in [9.17, 15) is 9.18 Å². The molecule has 0 saturated heterocycles. The van der Waals surface area contributed by atoms with Gasteiger partial charge in [0.15, 0.2) is 5.65 Å². The second kappa shape index (κ2) is 4.16. The van der Waals surface area contributed by atoms with Crippen LogP contribution in [0.1, 0.15) is 10.4 Å². The quantitative estimate of drug-likeness (QED) is 0.739. The second-order valence-electron chi connectivity index (χ2n) is 3.96.